The number of amides is 1. The summed E-state index contributed by atoms with van der Waals surface area (Å²) in [6, 6.07) is 13.6. The molecule has 160 valence electrons. The Labute approximate surface area is 184 Å². The number of thioether (sulfide) groups is 1. The number of benzene rings is 2. The number of nitrogens with one attached hydrogen (secondary N) is 1. The highest BCUT2D eigenvalue weighted by Crippen LogP contribution is 2.25. The smallest absolute Gasteiger partial charge is 0.262 e. The second-order valence-electron chi connectivity index (χ2n) is 7.77. The summed E-state index contributed by atoms with van der Waals surface area (Å²) >= 11 is 1.55. The summed E-state index contributed by atoms with van der Waals surface area (Å²) < 4.78 is 3.35. The SMILES string of the molecule is CCC(C)NC(=O)c1ccc2c(=O)n(C)c3nnc(SCc4ccc(C)cc4)n3c2c1. The number of hydrogen-bond donors (Lipinski definition) is 1. The van der Waals surface area contributed by atoms with Gasteiger partial charge in [-0.1, -0.05) is 48.5 Å². The molecule has 4 rings (SSSR count). The lowest BCUT2D eigenvalue weighted by Crippen LogP contribution is -2.32. The Morgan fingerprint density at radius 1 is 1.16 bits per heavy atom. The average Bonchev–Trinajstić information content (AvgIpc) is 3.21. The fraction of sp³-hybridized carbons (Fsp3) is 0.304. The van der Waals surface area contributed by atoms with Crippen LogP contribution in [0.25, 0.3) is 16.7 Å². The van der Waals surface area contributed by atoms with Crippen molar-refractivity contribution in [1.29, 1.82) is 0 Å². The Hall–Kier alpha value is -3.13. The highest BCUT2D eigenvalue weighted by atomic mass is 32.2. The molecule has 0 radical (unpaired) electrons. The van der Waals surface area contributed by atoms with Gasteiger partial charge in [-0.3, -0.25) is 18.6 Å². The van der Waals surface area contributed by atoms with Crippen molar-refractivity contribution in [2.24, 2.45) is 7.05 Å². The third kappa shape index (κ3) is 4.07. The van der Waals surface area contributed by atoms with Crippen molar-refractivity contribution >= 4 is 34.3 Å². The molecular weight excluding hydrogens is 410 g/mol. The molecule has 0 fully saturated rings. The first-order valence-corrected chi connectivity index (χ1v) is 11.2. The number of fused-ring (bicyclic) bond motifs is 3. The summed E-state index contributed by atoms with van der Waals surface area (Å²) in [6.45, 7) is 6.05. The molecule has 0 saturated carbocycles. The average molecular weight is 436 g/mol. The maximum atomic E-state index is 12.8. The molecule has 0 saturated heterocycles. The molecule has 2 aromatic carbocycles. The van der Waals surface area contributed by atoms with Crippen LogP contribution in [-0.2, 0) is 12.8 Å². The topological polar surface area (TPSA) is 81.3 Å². The Morgan fingerprint density at radius 2 is 1.90 bits per heavy atom. The van der Waals surface area contributed by atoms with E-state index in [1.54, 1.807) is 37.0 Å². The number of hydrogen-bond acceptors (Lipinski definition) is 5. The van der Waals surface area contributed by atoms with Crippen LogP contribution in [0, 0.1) is 6.92 Å². The zero-order valence-corrected chi connectivity index (χ0v) is 18.9. The normalized spacial score (nSPS) is 12.4. The van der Waals surface area contributed by atoms with E-state index in [4.69, 9.17) is 0 Å². The summed E-state index contributed by atoms with van der Waals surface area (Å²) in [6.07, 6.45) is 0.843. The predicted molar refractivity (Wildman–Crippen MR) is 124 cm³/mol. The lowest BCUT2D eigenvalue weighted by Gasteiger charge is -2.13. The third-order valence-corrected chi connectivity index (χ3v) is 6.43. The van der Waals surface area contributed by atoms with Crippen LogP contribution in [0.4, 0.5) is 0 Å². The first-order valence-electron chi connectivity index (χ1n) is 10.3. The standard InChI is InChI=1S/C23H25N5O2S/c1-5-15(3)24-20(29)17-10-11-18-19(12-17)28-22(27(4)21(18)30)25-26-23(28)31-13-16-8-6-14(2)7-9-16/h6-12,15H,5,13H2,1-4H3,(H,24,29). The van der Waals surface area contributed by atoms with Crippen molar-refractivity contribution in [3.8, 4) is 0 Å². The third-order valence-electron chi connectivity index (χ3n) is 5.43. The van der Waals surface area contributed by atoms with E-state index in [1.165, 1.54) is 15.7 Å². The second kappa shape index (κ2) is 8.55. The number of nitrogens with zero attached hydrogens (tertiary/aromatic N) is 4. The van der Waals surface area contributed by atoms with Gasteiger partial charge in [0.1, 0.15) is 0 Å². The molecule has 1 unspecified atom stereocenters. The van der Waals surface area contributed by atoms with Crippen LogP contribution in [-0.4, -0.2) is 31.1 Å². The maximum Gasteiger partial charge on any atom is 0.262 e. The van der Waals surface area contributed by atoms with Gasteiger partial charge in [0.05, 0.1) is 10.9 Å². The van der Waals surface area contributed by atoms with E-state index in [2.05, 4.69) is 46.7 Å². The first-order chi connectivity index (χ1) is 14.9. The lowest BCUT2D eigenvalue weighted by atomic mass is 10.1. The minimum absolute atomic E-state index is 0.0717. The molecule has 0 aliphatic rings. The Kier molecular flexibility index (Phi) is 5.82. The fourth-order valence-electron chi connectivity index (χ4n) is 3.34. The summed E-state index contributed by atoms with van der Waals surface area (Å²) in [7, 11) is 1.68. The van der Waals surface area contributed by atoms with Crippen molar-refractivity contribution in [3.63, 3.8) is 0 Å². The van der Waals surface area contributed by atoms with Gasteiger partial charge in [0.25, 0.3) is 11.5 Å². The Balaban J connectivity index is 1.79. The van der Waals surface area contributed by atoms with Gasteiger partial charge >= 0.3 is 0 Å². The van der Waals surface area contributed by atoms with Gasteiger partial charge in [-0.05, 0) is 44.0 Å². The summed E-state index contributed by atoms with van der Waals surface area (Å²) in [4.78, 5) is 25.5. The van der Waals surface area contributed by atoms with Crippen LogP contribution in [0.15, 0.2) is 52.4 Å². The monoisotopic (exact) mass is 435 g/mol. The number of aromatic nitrogens is 4. The first kappa shape index (κ1) is 21.1. The molecule has 1 amide bonds. The van der Waals surface area contributed by atoms with Crippen molar-refractivity contribution in [1.82, 2.24) is 24.5 Å². The zero-order valence-electron chi connectivity index (χ0n) is 18.0. The van der Waals surface area contributed by atoms with Crippen molar-refractivity contribution in [2.75, 3.05) is 0 Å². The van der Waals surface area contributed by atoms with Gasteiger partial charge in [0.15, 0.2) is 5.16 Å². The molecule has 1 atom stereocenters. The Bertz CT molecular complexity index is 1320. The van der Waals surface area contributed by atoms with Crippen LogP contribution in [0.1, 0.15) is 41.8 Å². The molecule has 31 heavy (non-hydrogen) atoms. The molecule has 8 heteroatoms. The second-order valence-corrected chi connectivity index (χ2v) is 8.71. The summed E-state index contributed by atoms with van der Waals surface area (Å²) in [5.41, 5.74) is 3.36. The molecule has 4 aromatic rings. The quantitative estimate of drug-likeness (QED) is 0.467. The summed E-state index contributed by atoms with van der Waals surface area (Å²) in [5.74, 6) is 1.01. The molecule has 0 spiro atoms. The highest BCUT2D eigenvalue weighted by molar-refractivity contribution is 7.98. The predicted octanol–water partition coefficient (Wildman–Crippen LogP) is 3.71. The fourth-order valence-corrected chi connectivity index (χ4v) is 4.23. The molecule has 7 nitrogen and oxygen atoms in total. The highest BCUT2D eigenvalue weighted by Gasteiger charge is 2.17. The number of carbonyl (C=O) groups is 1. The van der Waals surface area contributed by atoms with Crippen LogP contribution in [0.2, 0.25) is 0 Å². The van der Waals surface area contributed by atoms with Gasteiger partial charge < -0.3 is 5.32 Å². The van der Waals surface area contributed by atoms with Gasteiger partial charge in [-0.15, -0.1) is 10.2 Å². The van der Waals surface area contributed by atoms with Crippen LogP contribution < -0.4 is 10.9 Å². The number of rotatable bonds is 6. The van der Waals surface area contributed by atoms with Gasteiger partial charge in [-0.2, -0.15) is 0 Å². The van der Waals surface area contributed by atoms with Gasteiger partial charge in [0.2, 0.25) is 5.78 Å². The minimum Gasteiger partial charge on any atom is -0.350 e. The van der Waals surface area contributed by atoms with E-state index in [-0.39, 0.29) is 17.5 Å². The van der Waals surface area contributed by atoms with E-state index in [1.807, 2.05) is 18.2 Å². The summed E-state index contributed by atoms with van der Waals surface area (Å²) in [5, 5.41) is 12.8. The van der Waals surface area contributed by atoms with E-state index in [9.17, 15) is 9.59 Å². The number of carbonyl (C=O) groups excluding carboxylic acids is 1. The zero-order chi connectivity index (χ0) is 22.1. The van der Waals surface area contributed by atoms with Gasteiger partial charge in [-0.25, -0.2) is 0 Å². The molecule has 0 aliphatic carbocycles. The lowest BCUT2D eigenvalue weighted by molar-refractivity contribution is 0.0939. The van der Waals surface area contributed by atoms with Crippen molar-refractivity contribution in [3.05, 3.63) is 69.5 Å². The van der Waals surface area contributed by atoms with E-state index >= 15 is 0 Å². The molecule has 2 heterocycles. The van der Waals surface area contributed by atoms with E-state index < -0.39 is 0 Å². The molecular formula is C23H25N5O2S. The molecule has 2 aromatic heterocycles. The van der Waals surface area contributed by atoms with E-state index in [0.717, 1.165) is 12.2 Å². The minimum atomic E-state index is -0.168. The van der Waals surface area contributed by atoms with Crippen molar-refractivity contribution in [2.45, 2.75) is 44.1 Å². The largest absolute Gasteiger partial charge is 0.350 e. The van der Waals surface area contributed by atoms with Crippen LogP contribution in [0.3, 0.4) is 0 Å². The maximum absolute atomic E-state index is 12.8. The van der Waals surface area contributed by atoms with Crippen LogP contribution in [0.5, 0.6) is 0 Å². The molecule has 1 N–H and O–H groups in total. The Morgan fingerprint density at radius 3 is 2.61 bits per heavy atom. The van der Waals surface area contributed by atoms with E-state index in [0.29, 0.717) is 27.4 Å². The molecule has 0 bridgehead atoms. The van der Waals surface area contributed by atoms with Crippen LogP contribution >= 0.6 is 11.8 Å². The van der Waals surface area contributed by atoms with Crippen molar-refractivity contribution < 1.29 is 4.79 Å². The van der Waals surface area contributed by atoms with Gasteiger partial charge in [0, 0.05) is 24.4 Å². The number of aryl methyl sites for hydroxylation is 2. The molecule has 0 aliphatic heterocycles.